The second-order valence-electron chi connectivity index (χ2n) is 3.44. The van der Waals surface area contributed by atoms with Crippen molar-refractivity contribution < 1.29 is 0 Å². The van der Waals surface area contributed by atoms with Gasteiger partial charge in [0.15, 0.2) is 0 Å². The van der Waals surface area contributed by atoms with Crippen LogP contribution in [0.2, 0.25) is 5.02 Å². The van der Waals surface area contributed by atoms with Gasteiger partial charge in [0.05, 0.1) is 5.69 Å². The average Bonchev–Trinajstić information content (AvgIpc) is 2.30. The van der Waals surface area contributed by atoms with Crippen LogP contribution < -0.4 is 5.32 Å². The van der Waals surface area contributed by atoms with E-state index in [1.807, 2.05) is 36.4 Å². The number of nitrogens with zero attached hydrogens (tertiary/aromatic N) is 1. The summed E-state index contributed by atoms with van der Waals surface area (Å²) in [7, 11) is 0. The van der Waals surface area contributed by atoms with Gasteiger partial charge in [0, 0.05) is 29.0 Å². The maximum Gasteiger partial charge on any atom is 0.0737 e. The number of pyridine rings is 1. The Labute approximate surface area is 100 Å². The quantitative estimate of drug-likeness (QED) is 0.870. The molecule has 1 N–H and O–H groups in total. The van der Waals surface area contributed by atoms with Crippen molar-refractivity contribution in [3.05, 3.63) is 47.6 Å². The predicted octanol–water partition coefficient (Wildman–Crippen LogP) is 3.83. The van der Waals surface area contributed by atoms with Crippen LogP contribution >= 0.6 is 11.6 Å². The molecule has 1 heterocycles. The van der Waals surface area contributed by atoms with Gasteiger partial charge in [-0.15, -0.1) is 0 Å². The van der Waals surface area contributed by atoms with Crippen LogP contribution in [-0.2, 0) is 0 Å². The number of hydrogen-bond acceptors (Lipinski definition) is 2. The third-order valence-electron chi connectivity index (χ3n) is 2.29. The van der Waals surface area contributed by atoms with Crippen LogP contribution in [0.5, 0.6) is 0 Å². The van der Waals surface area contributed by atoms with Gasteiger partial charge in [0.25, 0.3) is 0 Å². The molecule has 2 nitrogen and oxygen atoms in total. The van der Waals surface area contributed by atoms with Gasteiger partial charge < -0.3 is 5.32 Å². The number of hydrogen-bond donors (Lipinski definition) is 1. The number of rotatable bonds is 3. The molecule has 82 valence electrons. The topological polar surface area (TPSA) is 24.9 Å². The smallest absolute Gasteiger partial charge is 0.0737 e. The van der Waals surface area contributed by atoms with E-state index in [4.69, 9.17) is 11.6 Å². The summed E-state index contributed by atoms with van der Waals surface area (Å²) in [6.07, 6.45) is 1.79. The molecule has 0 amide bonds. The summed E-state index contributed by atoms with van der Waals surface area (Å²) in [4.78, 5) is 4.33. The average molecular weight is 233 g/mol. The fourth-order valence-corrected chi connectivity index (χ4v) is 1.79. The second kappa shape index (κ2) is 4.99. The van der Waals surface area contributed by atoms with E-state index in [9.17, 15) is 0 Å². The highest BCUT2D eigenvalue weighted by atomic mass is 35.5. The fourth-order valence-electron chi connectivity index (χ4n) is 1.56. The Morgan fingerprint density at radius 1 is 1.25 bits per heavy atom. The van der Waals surface area contributed by atoms with Gasteiger partial charge in [-0.1, -0.05) is 29.8 Å². The molecular weight excluding hydrogens is 220 g/mol. The van der Waals surface area contributed by atoms with E-state index in [1.54, 1.807) is 6.20 Å². The molecule has 2 rings (SSSR count). The first kappa shape index (κ1) is 11.0. The Morgan fingerprint density at radius 3 is 2.81 bits per heavy atom. The van der Waals surface area contributed by atoms with Crippen LogP contribution in [0, 0.1) is 0 Å². The Morgan fingerprint density at radius 2 is 2.06 bits per heavy atom. The van der Waals surface area contributed by atoms with E-state index in [0.717, 1.165) is 28.5 Å². The van der Waals surface area contributed by atoms with Crippen molar-refractivity contribution in [2.45, 2.75) is 6.92 Å². The molecule has 1 aromatic heterocycles. The van der Waals surface area contributed by atoms with Crippen molar-refractivity contribution in [3.8, 4) is 11.3 Å². The lowest BCUT2D eigenvalue weighted by Crippen LogP contribution is -1.97. The number of anilines is 1. The van der Waals surface area contributed by atoms with Crippen LogP contribution in [0.1, 0.15) is 6.92 Å². The van der Waals surface area contributed by atoms with Crippen LogP contribution in [0.4, 0.5) is 5.69 Å². The van der Waals surface area contributed by atoms with E-state index in [0.29, 0.717) is 0 Å². The van der Waals surface area contributed by atoms with Gasteiger partial charge in [-0.3, -0.25) is 4.98 Å². The highest BCUT2D eigenvalue weighted by Gasteiger charge is 2.04. The number of aromatic nitrogens is 1. The lowest BCUT2D eigenvalue weighted by atomic mass is 10.1. The van der Waals surface area contributed by atoms with Gasteiger partial charge in [-0.05, 0) is 25.1 Å². The zero-order chi connectivity index (χ0) is 11.4. The third kappa shape index (κ3) is 2.34. The summed E-state index contributed by atoms with van der Waals surface area (Å²) in [6, 6.07) is 11.7. The monoisotopic (exact) mass is 232 g/mol. The van der Waals surface area contributed by atoms with E-state index in [1.165, 1.54) is 0 Å². The Balaban J connectivity index is 2.40. The minimum Gasteiger partial charge on any atom is -0.385 e. The minimum atomic E-state index is 0.726. The molecule has 0 aliphatic rings. The summed E-state index contributed by atoms with van der Waals surface area (Å²) < 4.78 is 0. The maximum atomic E-state index is 6.13. The normalized spacial score (nSPS) is 10.1. The van der Waals surface area contributed by atoms with Crippen LogP contribution in [0.25, 0.3) is 11.3 Å². The molecule has 16 heavy (non-hydrogen) atoms. The molecule has 0 aliphatic carbocycles. The Hall–Kier alpha value is -1.54. The molecular formula is C13H13ClN2. The largest absolute Gasteiger partial charge is 0.385 e. The summed E-state index contributed by atoms with van der Waals surface area (Å²) in [5, 5.41) is 3.98. The first-order valence-electron chi connectivity index (χ1n) is 5.26. The standard InChI is InChI=1S/C13H13ClN2/c1-2-15-10-7-8-16-13(9-10)11-5-3-4-6-12(11)14/h3-9H,2H2,1H3,(H,15,16). The van der Waals surface area contributed by atoms with Crippen LogP contribution in [0.15, 0.2) is 42.6 Å². The fraction of sp³-hybridized carbons (Fsp3) is 0.154. The molecule has 0 saturated carbocycles. The van der Waals surface area contributed by atoms with Gasteiger partial charge >= 0.3 is 0 Å². The zero-order valence-corrected chi connectivity index (χ0v) is 9.83. The Bertz CT molecular complexity index is 483. The third-order valence-corrected chi connectivity index (χ3v) is 2.62. The number of benzene rings is 1. The summed E-state index contributed by atoms with van der Waals surface area (Å²) in [6.45, 7) is 2.96. The highest BCUT2D eigenvalue weighted by Crippen LogP contribution is 2.27. The molecule has 1 aromatic carbocycles. The number of halogens is 1. The van der Waals surface area contributed by atoms with Crippen molar-refractivity contribution in [1.29, 1.82) is 0 Å². The maximum absolute atomic E-state index is 6.13. The van der Waals surface area contributed by atoms with Gasteiger partial charge in [-0.2, -0.15) is 0 Å². The minimum absolute atomic E-state index is 0.726. The van der Waals surface area contributed by atoms with Crippen molar-refractivity contribution >= 4 is 17.3 Å². The lowest BCUT2D eigenvalue weighted by Gasteiger charge is -2.06. The summed E-state index contributed by atoms with van der Waals surface area (Å²) >= 11 is 6.13. The SMILES string of the molecule is CCNc1ccnc(-c2ccccc2Cl)c1. The first-order valence-corrected chi connectivity index (χ1v) is 5.64. The molecule has 0 unspecified atom stereocenters. The molecule has 0 fully saturated rings. The van der Waals surface area contributed by atoms with E-state index >= 15 is 0 Å². The van der Waals surface area contributed by atoms with E-state index in [2.05, 4.69) is 17.2 Å². The first-order chi connectivity index (χ1) is 7.81. The van der Waals surface area contributed by atoms with Crippen molar-refractivity contribution in [3.63, 3.8) is 0 Å². The second-order valence-corrected chi connectivity index (χ2v) is 3.85. The van der Waals surface area contributed by atoms with Gasteiger partial charge in [-0.25, -0.2) is 0 Å². The van der Waals surface area contributed by atoms with Crippen molar-refractivity contribution in [1.82, 2.24) is 4.98 Å². The van der Waals surface area contributed by atoms with E-state index < -0.39 is 0 Å². The summed E-state index contributed by atoms with van der Waals surface area (Å²) in [5.74, 6) is 0. The number of nitrogens with one attached hydrogen (secondary N) is 1. The van der Waals surface area contributed by atoms with Crippen molar-refractivity contribution in [2.24, 2.45) is 0 Å². The summed E-state index contributed by atoms with van der Waals surface area (Å²) in [5.41, 5.74) is 2.92. The molecule has 0 saturated heterocycles. The van der Waals surface area contributed by atoms with Gasteiger partial charge in [0.1, 0.15) is 0 Å². The molecule has 0 spiro atoms. The molecule has 2 aromatic rings. The predicted molar refractivity (Wildman–Crippen MR) is 68.8 cm³/mol. The van der Waals surface area contributed by atoms with Gasteiger partial charge in [0.2, 0.25) is 0 Å². The van der Waals surface area contributed by atoms with E-state index in [-0.39, 0.29) is 0 Å². The van der Waals surface area contributed by atoms with Crippen molar-refractivity contribution in [2.75, 3.05) is 11.9 Å². The molecule has 0 bridgehead atoms. The molecule has 3 heteroatoms. The molecule has 0 radical (unpaired) electrons. The lowest BCUT2D eigenvalue weighted by molar-refractivity contribution is 1.20. The zero-order valence-electron chi connectivity index (χ0n) is 9.07. The highest BCUT2D eigenvalue weighted by molar-refractivity contribution is 6.33. The van der Waals surface area contributed by atoms with Crippen LogP contribution in [-0.4, -0.2) is 11.5 Å². The Kier molecular flexibility index (Phi) is 3.42. The molecule has 0 aliphatic heterocycles. The van der Waals surface area contributed by atoms with Crippen LogP contribution in [0.3, 0.4) is 0 Å². The molecule has 0 atom stereocenters.